The maximum Gasteiger partial charge on any atom is 0.148 e. The van der Waals surface area contributed by atoms with Gasteiger partial charge in [0.15, 0.2) is 0 Å². The smallest absolute Gasteiger partial charge is 0.148 e. The van der Waals surface area contributed by atoms with Crippen molar-refractivity contribution in [2.75, 3.05) is 0 Å². The van der Waals surface area contributed by atoms with Crippen molar-refractivity contribution in [3.8, 4) is 5.75 Å². The van der Waals surface area contributed by atoms with E-state index in [1.54, 1.807) is 18.2 Å². The highest BCUT2D eigenvalue weighted by atomic mass is 16.5. The number of rotatable bonds is 2. The highest BCUT2D eigenvalue weighted by Gasteiger charge is 2.23. The van der Waals surface area contributed by atoms with E-state index in [0.29, 0.717) is 0 Å². The van der Waals surface area contributed by atoms with Crippen LogP contribution in [0.25, 0.3) is 0 Å². The van der Waals surface area contributed by atoms with Gasteiger partial charge in [-0.25, -0.2) is 10.9 Å². The van der Waals surface area contributed by atoms with Crippen molar-refractivity contribution in [2.24, 2.45) is 0 Å². The van der Waals surface area contributed by atoms with Crippen molar-refractivity contribution >= 4 is 0 Å². The number of hydrogen-bond acceptors (Lipinski definition) is 4. The van der Waals surface area contributed by atoms with E-state index in [0.717, 1.165) is 12.0 Å². The standard InChI is InChI=1S/C10H14N2O2/c1-2-9-11-12-10(14-9)7-4-3-5-8(13)6-7/h3-6,9-13H,2H2,1H3. The van der Waals surface area contributed by atoms with Crippen LogP contribution in [-0.4, -0.2) is 11.3 Å². The first-order chi connectivity index (χ1) is 6.79. The van der Waals surface area contributed by atoms with Crippen LogP contribution < -0.4 is 10.9 Å². The minimum atomic E-state index is -0.174. The molecule has 0 radical (unpaired) electrons. The quantitative estimate of drug-likeness (QED) is 0.663. The van der Waals surface area contributed by atoms with Crippen molar-refractivity contribution in [3.63, 3.8) is 0 Å². The van der Waals surface area contributed by atoms with Gasteiger partial charge in [0.1, 0.15) is 18.2 Å². The van der Waals surface area contributed by atoms with E-state index in [2.05, 4.69) is 10.9 Å². The molecule has 0 bridgehead atoms. The van der Waals surface area contributed by atoms with Gasteiger partial charge in [-0.1, -0.05) is 19.1 Å². The van der Waals surface area contributed by atoms with Crippen LogP contribution in [0, 0.1) is 0 Å². The molecule has 4 heteroatoms. The molecule has 1 heterocycles. The van der Waals surface area contributed by atoms with Crippen LogP contribution in [0.4, 0.5) is 0 Å². The predicted molar refractivity (Wildman–Crippen MR) is 52.3 cm³/mol. The summed E-state index contributed by atoms with van der Waals surface area (Å²) in [5.41, 5.74) is 6.96. The summed E-state index contributed by atoms with van der Waals surface area (Å²) in [5.74, 6) is 0.257. The highest BCUT2D eigenvalue weighted by Crippen LogP contribution is 2.22. The Morgan fingerprint density at radius 3 is 2.93 bits per heavy atom. The third-order valence-corrected chi connectivity index (χ3v) is 2.22. The molecule has 0 aromatic heterocycles. The fourth-order valence-corrected chi connectivity index (χ4v) is 1.45. The van der Waals surface area contributed by atoms with Gasteiger partial charge >= 0.3 is 0 Å². The minimum Gasteiger partial charge on any atom is -0.508 e. The van der Waals surface area contributed by atoms with Gasteiger partial charge < -0.3 is 9.84 Å². The van der Waals surface area contributed by atoms with E-state index < -0.39 is 0 Å². The first-order valence-corrected chi connectivity index (χ1v) is 4.75. The molecule has 3 N–H and O–H groups in total. The van der Waals surface area contributed by atoms with Crippen molar-refractivity contribution in [1.82, 2.24) is 10.9 Å². The molecule has 14 heavy (non-hydrogen) atoms. The van der Waals surface area contributed by atoms with Gasteiger partial charge in [0, 0.05) is 5.56 Å². The predicted octanol–water partition coefficient (Wildman–Crippen LogP) is 1.25. The number of nitrogens with one attached hydrogen (secondary N) is 2. The minimum absolute atomic E-state index is 0.0438. The Labute approximate surface area is 82.9 Å². The third kappa shape index (κ3) is 1.87. The number of hydrazine groups is 1. The molecule has 0 amide bonds. The molecule has 4 nitrogen and oxygen atoms in total. The Kier molecular flexibility index (Phi) is 2.67. The monoisotopic (exact) mass is 194 g/mol. The van der Waals surface area contributed by atoms with Gasteiger partial charge in [-0.05, 0) is 18.6 Å². The molecule has 76 valence electrons. The number of benzene rings is 1. The third-order valence-electron chi connectivity index (χ3n) is 2.22. The van der Waals surface area contributed by atoms with Gasteiger partial charge in [-0.3, -0.25) is 0 Å². The van der Waals surface area contributed by atoms with Gasteiger partial charge in [-0.15, -0.1) is 0 Å². The molecule has 1 saturated heterocycles. The fourth-order valence-electron chi connectivity index (χ4n) is 1.45. The normalized spacial score (nSPS) is 26.6. The number of phenolic OH excluding ortho intramolecular Hbond substituents is 1. The van der Waals surface area contributed by atoms with E-state index in [4.69, 9.17) is 4.74 Å². The Balaban J connectivity index is 2.09. The Hall–Kier alpha value is -1.10. The van der Waals surface area contributed by atoms with Crippen LogP contribution in [0.3, 0.4) is 0 Å². The maximum atomic E-state index is 9.29. The number of aromatic hydroxyl groups is 1. The molecule has 0 saturated carbocycles. The van der Waals surface area contributed by atoms with Crippen molar-refractivity contribution in [1.29, 1.82) is 0 Å². The molecular weight excluding hydrogens is 180 g/mol. The Morgan fingerprint density at radius 1 is 1.43 bits per heavy atom. The van der Waals surface area contributed by atoms with Crippen molar-refractivity contribution < 1.29 is 9.84 Å². The summed E-state index contributed by atoms with van der Waals surface area (Å²) < 4.78 is 5.62. The van der Waals surface area contributed by atoms with E-state index >= 15 is 0 Å². The molecule has 0 spiro atoms. The number of ether oxygens (including phenoxy) is 1. The summed E-state index contributed by atoms with van der Waals surface area (Å²) in [4.78, 5) is 0. The lowest BCUT2D eigenvalue weighted by molar-refractivity contribution is 0.0330. The average Bonchev–Trinajstić information content (AvgIpc) is 2.66. The Morgan fingerprint density at radius 2 is 2.29 bits per heavy atom. The lowest BCUT2D eigenvalue weighted by atomic mass is 10.2. The molecule has 1 aromatic carbocycles. The number of hydrogen-bond donors (Lipinski definition) is 3. The van der Waals surface area contributed by atoms with Crippen molar-refractivity contribution in [3.05, 3.63) is 29.8 Å². The van der Waals surface area contributed by atoms with Gasteiger partial charge in [-0.2, -0.15) is 0 Å². The molecule has 2 rings (SSSR count). The molecule has 1 aliphatic rings. The first kappa shape index (κ1) is 9.45. The molecule has 1 aromatic rings. The van der Waals surface area contributed by atoms with Gasteiger partial charge in [0.2, 0.25) is 0 Å². The number of phenols is 1. The molecule has 1 fully saturated rings. The summed E-state index contributed by atoms with van der Waals surface area (Å²) in [5, 5.41) is 9.29. The Bertz CT molecular complexity index is 317. The largest absolute Gasteiger partial charge is 0.508 e. The fraction of sp³-hybridized carbons (Fsp3) is 0.400. The second-order valence-electron chi connectivity index (χ2n) is 3.30. The first-order valence-electron chi connectivity index (χ1n) is 4.75. The highest BCUT2D eigenvalue weighted by molar-refractivity contribution is 5.28. The van der Waals surface area contributed by atoms with Crippen molar-refractivity contribution in [2.45, 2.75) is 25.8 Å². The summed E-state index contributed by atoms with van der Waals surface area (Å²) in [6, 6.07) is 7.05. The lowest BCUT2D eigenvalue weighted by Gasteiger charge is -2.10. The van der Waals surface area contributed by atoms with E-state index in [1.807, 2.05) is 13.0 Å². The summed E-state index contributed by atoms with van der Waals surface area (Å²) in [6.45, 7) is 2.05. The van der Waals surface area contributed by atoms with E-state index in [-0.39, 0.29) is 18.2 Å². The topological polar surface area (TPSA) is 53.5 Å². The van der Waals surface area contributed by atoms with Gasteiger partial charge in [0.05, 0.1) is 0 Å². The van der Waals surface area contributed by atoms with Crippen LogP contribution >= 0.6 is 0 Å². The molecule has 0 aliphatic carbocycles. The second kappa shape index (κ2) is 3.96. The zero-order valence-corrected chi connectivity index (χ0v) is 8.03. The maximum absolute atomic E-state index is 9.29. The molecule has 2 atom stereocenters. The summed E-state index contributed by atoms with van der Waals surface area (Å²) in [6.07, 6.45) is 0.775. The zero-order chi connectivity index (χ0) is 9.97. The SMILES string of the molecule is CCC1NNC(c2cccc(O)c2)O1. The van der Waals surface area contributed by atoms with Crippen LogP contribution in [-0.2, 0) is 4.74 Å². The molecule has 1 aliphatic heterocycles. The van der Waals surface area contributed by atoms with E-state index in [1.165, 1.54) is 0 Å². The second-order valence-corrected chi connectivity index (χ2v) is 3.30. The van der Waals surface area contributed by atoms with Crippen LogP contribution in [0.2, 0.25) is 0 Å². The summed E-state index contributed by atoms with van der Waals surface area (Å²) >= 11 is 0. The average molecular weight is 194 g/mol. The van der Waals surface area contributed by atoms with E-state index in [9.17, 15) is 5.11 Å². The van der Waals surface area contributed by atoms with Crippen LogP contribution in [0.15, 0.2) is 24.3 Å². The lowest BCUT2D eigenvalue weighted by Crippen LogP contribution is -2.30. The van der Waals surface area contributed by atoms with Crippen LogP contribution in [0.1, 0.15) is 25.1 Å². The molecule has 2 unspecified atom stereocenters. The summed E-state index contributed by atoms with van der Waals surface area (Å²) in [7, 11) is 0. The molecular formula is C10H14N2O2. The van der Waals surface area contributed by atoms with Crippen LogP contribution in [0.5, 0.6) is 5.75 Å². The zero-order valence-electron chi connectivity index (χ0n) is 8.03. The van der Waals surface area contributed by atoms with Gasteiger partial charge in [0.25, 0.3) is 0 Å².